The van der Waals surface area contributed by atoms with Crippen molar-refractivity contribution >= 4 is 9.04 Å². The molecule has 3 rings (SSSR count). The SMILES string of the molecule is C[SiH](C)OC(CC(C)(C)C)c1ccnc(O[C@H]2c3cc(C#N)ccc3OC(C)(C)[C@@H]2O)c1. The molecule has 6 nitrogen and oxygen atoms in total. The number of ether oxygens (including phenoxy) is 2. The van der Waals surface area contributed by atoms with Gasteiger partial charge in [-0.15, -0.1) is 0 Å². The van der Waals surface area contributed by atoms with Crippen LogP contribution in [0.15, 0.2) is 36.5 Å². The van der Waals surface area contributed by atoms with Crippen LogP contribution >= 0.6 is 0 Å². The lowest BCUT2D eigenvalue weighted by Crippen LogP contribution is -2.50. The Balaban J connectivity index is 1.95. The minimum Gasteiger partial charge on any atom is -0.485 e. The van der Waals surface area contributed by atoms with Gasteiger partial charge in [0.25, 0.3) is 0 Å². The van der Waals surface area contributed by atoms with E-state index in [1.807, 2.05) is 26.0 Å². The lowest BCUT2D eigenvalue weighted by atomic mass is 9.87. The number of pyridine rings is 1. The number of aliphatic hydroxyl groups is 1. The van der Waals surface area contributed by atoms with Crippen molar-refractivity contribution in [3.8, 4) is 17.7 Å². The normalized spacial score (nSPS) is 20.8. The van der Waals surface area contributed by atoms with E-state index in [0.717, 1.165) is 12.0 Å². The molecule has 7 heteroatoms. The molecule has 0 amide bonds. The molecule has 0 spiro atoms. The molecule has 2 aromatic rings. The number of aromatic nitrogens is 1. The zero-order chi connectivity index (χ0) is 23.7. The molecule has 1 aliphatic rings. The van der Waals surface area contributed by atoms with Gasteiger partial charge in [-0.25, -0.2) is 4.98 Å². The Hall–Kier alpha value is -2.40. The van der Waals surface area contributed by atoms with E-state index in [1.165, 1.54) is 0 Å². The Morgan fingerprint density at radius 1 is 1.25 bits per heavy atom. The number of hydrogen-bond acceptors (Lipinski definition) is 6. The van der Waals surface area contributed by atoms with E-state index in [9.17, 15) is 10.4 Å². The lowest BCUT2D eigenvalue weighted by molar-refractivity contribution is -0.104. The molecule has 0 saturated heterocycles. The van der Waals surface area contributed by atoms with E-state index in [-0.39, 0.29) is 11.5 Å². The number of benzene rings is 1. The van der Waals surface area contributed by atoms with Gasteiger partial charge in [-0.3, -0.25) is 0 Å². The maximum Gasteiger partial charge on any atom is 0.214 e. The summed E-state index contributed by atoms with van der Waals surface area (Å²) in [6, 6.07) is 11.2. The zero-order valence-electron chi connectivity index (χ0n) is 20.0. The van der Waals surface area contributed by atoms with Crippen molar-refractivity contribution in [2.75, 3.05) is 0 Å². The van der Waals surface area contributed by atoms with E-state index in [1.54, 1.807) is 24.4 Å². The van der Waals surface area contributed by atoms with Crippen LogP contribution in [0.1, 0.15) is 69.9 Å². The fourth-order valence-corrected chi connectivity index (χ4v) is 4.80. The van der Waals surface area contributed by atoms with Crippen LogP contribution in [-0.4, -0.2) is 30.8 Å². The summed E-state index contributed by atoms with van der Waals surface area (Å²) >= 11 is 0. The number of nitrogens with zero attached hydrogens (tertiary/aromatic N) is 2. The predicted molar refractivity (Wildman–Crippen MR) is 126 cm³/mol. The molecular formula is C25H34N2O4Si. The van der Waals surface area contributed by atoms with Crippen LogP contribution in [0.2, 0.25) is 13.1 Å². The number of fused-ring (bicyclic) bond motifs is 1. The predicted octanol–water partition coefficient (Wildman–Crippen LogP) is 5.08. The van der Waals surface area contributed by atoms with Crippen LogP contribution in [0, 0.1) is 16.7 Å². The number of hydrogen-bond donors (Lipinski definition) is 1. The molecule has 0 saturated carbocycles. The first-order valence-corrected chi connectivity index (χ1v) is 13.9. The standard InChI is InChI=1S/C25H34N2O4Si/c1-24(2,3)14-20(31-32(6)7)17-10-11-27-21(13-17)29-22-18-12-16(15-26)8-9-19(18)30-25(4,5)23(22)28/h8-13,20,22-23,28,32H,14H2,1-7H3/t20?,22-,23+/m0/s1. The van der Waals surface area contributed by atoms with Gasteiger partial charge in [0.1, 0.15) is 17.5 Å². The quantitative estimate of drug-likeness (QED) is 0.613. The van der Waals surface area contributed by atoms with Crippen molar-refractivity contribution in [2.45, 2.75) is 78.0 Å². The second kappa shape index (κ2) is 9.22. The average molecular weight is 455 g/mol. The van der Waals surface area contributed by atoms with Gasteiger partial charge in [0.05, 0.1) is 17.7 Å². The van der Waals surface area contributed by atoms with Gasteiger partial charge < -0.3 is 19.0 Å². The zero-order valence-corrected chi connectivity index (χ0v) is 21.2. The average Bonchev–Trinajstić information content (AvgIpc) is 2.69. The molecule has 32 heavy (non-hydrogen) atoms. The summed E-state index contributed by atoms with van der Waals surface area (Å²) in [6.45, 7) is 14.6. The van der Waals surface area contributed by atoms with Gasteiger partial charge in [-0.2, -0.15) is 5.26 Å². The molecule has 0 fully saturated rings. The van der Waals surface area contributed by atoms with Gasteiger partial charge in [-0.05, 0) is 68.6 Å². The monoisotopic (exact) mass is 454 g/mol. The summed E-state index contributed by atoms with van der Waals surface area (Å²) in [5.41, 5.74) is 1.38. The summed E-state index contributed by atoms with van der Waals surface area (Å²) < 4.78 is 18.6. The molecule has 172 valence electrons. The first-order valence-electron chi connectivity index (χ1n) is 11.1. The Bertz CT molecular complexity index is 994. The second-order valence-electron chi connectivity index (χ2n) is 10.4. The molecule has 1 aliphatic heterocycles. The first kappa shape index (κ1) is 24.2. The Kier molecular flexibility index (Phi) is 6.99. The molecule has 3 atom stereocenters. The van der Waals surface area contributed by atoms with Crippen molar-refractivity contribution < 1.29 is 19.0 Å². The molecule has 2 heterocycles. The summed E-state index contributed by atoms with van der Waals surface area (Å²) in [6.07, 6.45) is 0.892. The van der Waals surface area contributed by atoms with E-state index < -0.39 is 26.8 Å². The summed E-state index contributed by atoms with van der Waals surface area (Å²) in [5, 5.41) is 20.4. The van der Waals surface area contributed by atoms with Crippen molar-refractivity contribution in [1.82, 2.24) is 4.98 Å². The second-order valence-corrected chi connectivity index (χ2v) is 12.8. The maximum absolute atomic E-state index is 11.0. The van der Waals surface area contributed by atoms with Gasteiger partial charge in [0.15, 0.2) is 15.1 Å². The maximum atomic E-state index is 11.0. The largest absolute Gasteiger partial charge is 0.485 e. The Morgan fingerprint density at radius 3 is 2.59 bits per heavy atom. The Labute approximate surface area is 192 Å². The van der Waals surface area contributed by atoms with Crippen molar-refractivity contribution in [3.05, 3.63) is 53.2 Å². The minimum absolute atomic E-state index is 0.0412. The van der Waals surface area contributed by atoms with Crippen molar-refractivity contribution in [3.63, 3.8) is 0 Å². The van der Waals surface area contributed by atoms with Gasteiger partial charge >= 0.3 is 0 Å². The minimum atomic E-state index is -1.27. The molecule has 0 radical (unpaired) electrons. The van der Waals surface area contributed by atoms with Crippen molar-refractivity contribution in [2.24, 2.45) is 5.41 Å². The molecule has 0 aliphatic carbocycles. The van der Waals surface area contributed by atoms with Crippen LogP contribution in [0.25, 0.3) is 0 Å². The highest BCUT2D eigenvalue weighted by Gasteiger charge is 2.44. The van der Waals surface area contributed by atoms with Crippen LogP contribution < -0.4 is 9.47 Å². The van der Waals surface area contributed by atoms with Crippen LogP contribution in [0.4, 0.5) is 0 Å². The third-order valence-corrected chi connectivity index (χ3v) is 6.30. The van der Waals surface area contributed by atoms with Crippen molar-refractivity contribution in [1.29, 1.82) is 5.26 Å². The molecule has 1 N–H and O–H groups in total. The topological polar surface area (TPSA) is 84.6 Å². The van der Waals surface area contributed by atoms with E-state index in [2.05, 4.69) is 44.9 Å². The highest BCUT2D eigenvalue weighted by atomic mass is 28.3. The summed E-state index contributed by atoms with van der Waals surface area (Å²) in [7, 11) is -1.27. The smallest absolute Gasteiger partial charge is 0.214 e. The lowest BCUT2D eigenvalue weighted by Gasteiger charge is -2.41. The van der Waals surface area contributed by atoms with E-state index >= 15 is 0 Å². The van der Waals surface area contributed by atoms with Crippen LogP contribution in [0.5, 0.6) is 11.6 Å². The third-order valence-electron chi connectivity index (χ3n) is 5.43. The number of aliphatic hydroxyl groups excluding tert-OH is 1. The molecule has 0 bridgehead atoms. The highest BCUT2D eigenvalue weighted by molar-refractivity contribution is 6.48. The number of nitriles is 1. The fraction of sp³-hybridized carbons (Fsp3) is 0.520. The highest BCUT2D eigenvalue weighted by Crippen LogP contribution is 2.42. The summed E-state index contributed by atoms with van der Waals surface area (Å²) in [4.78, 5) is 4.41. The fourth-order valence-electron chi connectivity index (χ4n) is 3.89. The van der Waals surface area contributed by atoms with Gasteiger partial charge in [0.2, 0.25) is 5.88 Å². The molecule has 1 unspecified atom stereocenters. The van der Waals surface area contributed by atoms with Crippen LogP contribution in [0.3, 0.4) is 0 Å². The molecule has 1 aromatic heterocycles. The van der Waals surface area contributed by atoms with E-state index in [4.69, 9.17) is 13.9 Å². The molecule has 1 aromatic carbocycles. The third kappa shape index (κ3) is 5.69. The first-order chi connectivity index (χ1) is 14.9. The Morgan fingerprint density at radius 2 is 1.97 bits per heavy atom. The summed E-state index contributed by atoms with van der Waals surface area (Å²) in [5.74, 6) is 1.01. The van der Waals surface area contributed by atoms with Crippen LogP contribution in [-0.2, 0) is 4.43 Å². The molecular weight excluding hydrogens is 420 g/mol. The number of rotatable bonds is 6. The van der Waals surface area contributed by atoms with Gasteiger partial charge in [0, 0.05) is 17.8 Å². The van der Waals surface area contributed by atoms with E-state index in [0.29, 0.717) is 22.8 Å². The van der Waals surface area contributed by atoms with Gasteiger partial charge in [-0.1, -0.05) is 20.8 Å².